The first-order valence-corrected chi connectivity index (χ1v) is 11.4. The average Bonchev–Trinajstić information content (AvgIpc) is 2.74. The molecule has 0 amide bonds. The third-order valence-electron chi connectivity index (χ3n) is 4.51. The maximum atomic E-state index is 12.5. The van der Waals surface area contributed by atoms with Gasteiger partial charge in [0, 0.05) is 0 Å². The standard InChI is InChI=1S/C24H26N2O4S/c1-4-29-23-15-21(11-12-22(23)30-17-20-8-6-5-7-9-20)16-25-26-31(27,28)24-13-10-18(2)14-19(24)3/h5-16,26H,4,17H2,1-3H3/b25-16+. The Morgan fingerprint density at radius 2 is 1.71 bits per heavy atom. The quantitative estimate of drug-likeness (QED) is 0.391. The summed E-state index contributed by atoms with van der Waals surface area (Å²) in [6.07, 6.45) is 1.44. The number of ether oxygens (including phenoxy) is 2. The Labute approximate surface area is 183 Å². The molecule has 7 heteroatoms. The van der Waals surface area contributed by atoms with Gasteiger partial charge in [0.2, 0.25) is 0 Å². The largest absolute Gasteiger partial charge is 0.490 e. The van der Waals surface area contributed by atoms with Gasteiger partial charge in [0.25, 0.3) is 10.0 Å². The molecule has 0 bridgehead atoms. The van der Waals surface area contributed by atoms with Gasteiger partial charge in [-0.25, -0.2) is 4.83 Å². The molecule has 0 saturated carbocycles. The molecule has 3 rings (SSSR count). The number of nitrogens with zero attached hydrogens (tertiary/aromatic N) is 1. The number of aryl methyl sites for hydroxylation is 2. The second kappa shape index (κ2) is 10.1. The smallest absolute Gasteiger partial charge is 0.276 e. The molecule has 0 aliphatic rings. The van der Waals surface area contributed by atoms with Crippen molar-refractivity contribution in [1.29, 1.82) is 0 Å². The van der Waals surface area contributed by atoms with Crippen LogP contribution in [0.3, 0.4) is 0 Å². The van der Waals surface area contributed by atoms with Gasteiger partial charge < -0.3 is 9.47 Å². The number of nitrogens with one attached hydrogen (secondary N) is 1. The number of hydrazone groups is 1. The van der Waals surface area contributed by atoms with E-state index in [-0.39, 0.29) is 4.90 Å². The molecule has 3 aromatic carbocycles. The minimum absolute atomic E-state index is 0.204. The summed E-state index contributed by atoms with van der Waals surface area (Å²) < 4.78 is 36.6. The fourth-order valence-corrected chi connectivity index (χ4v) is 4.07. The van der Waals surface area contributed by atoms with E-state index >= 15 is 0 Å². The van der Waals surface area contributed by atoms with Crippen LogP contribution >= 0.6 is 0 Å². The Kier molecular flexibility index (Phi) is 7.31. The molecule has 0 heterocycles. The second-order valence-electron chi connectivity index (χ2n) is 7.04. The molecular weight excluding hydrogens is 412 g/mol. The van der Waals surface area contributed by atoms with E-state index in [1.807, 2.05) is 50.2 Å². The highest BCUT2D eigenvalue weighted by Gasteiger charge is 2.15. The lowest BCUT2D eigenvalue weighted by Gasteiger charge is -2.12. The van der Waals surface area contributed by atoms with Gasteiger partial charge in [-0.2, -0.15) is 13.5 Å². The lowest BCUT2D eigenvalue weighted by Crippen LogP contribution is -2.19. The number of benzene rings is 3. The summed E-state index contributed by atoms with van der Waals surface area (Å²) in [5.74, 6) is 1.18. The lowest BCUT2D eigenvalue weighted by molar-refractivity contribution is 0.269. The van der Waals surface area contributed by atoms with Crippen molar-refractivity contribution in [1.82, 2.24) is 4.83 Å². The van der Waals surface area contributed by atoms with Crippen LogP contribution in [0, 0.1) is 13.8 Å². The summed E-state index contributed by atoms with van der Waals surface area (Å²) in [6, 6.07) is 20.3. The summed E-state index contributed by atoms with van der Waals surface area (Å²) >= 11 is 0. The molecule has 0 aromatic heterocycles. The van der Waals surface area contributed by atoms with E-state index < -0.39 is 10.0 Å². The van der Waals surface area contributed by atoms with Gasteiger partial charge in [-0.3, -0.25) is 0 Å². The van der Waals surface area contributed by atoms with Gasteiger partial charge in [0.1, 0.15) is 6.61 Å². The summed E-state index contributed by atoms with van der Waals surface area (Å²) in [6.45, 7) is 6.46. The van der Waals surface area contributed by atoms with E-state index in [1.165, 1.54) is 6.21 Å². The van der Waals surface area contributed by atoms with Gasteiger partial charge in [0.15, 0.2) is 11.5 Å². The van der Waals surface area contributed by atoms with Crippen molar-refractivity contribution < 1.29 is 17.9 Å². The first kappa shape index (κ1) is 22.4. The molecule has 0 aliphatic carbocycles. The van der Waals surface area contributed by atoms with Crippen LogP contribution in [-0.2, 0) is 16.6 Å². The normalized spacial score (nSPS) is 11.5. The van der Waals surface area contributed by atoms with Crippen LogP contribution in [0.4, 0.5) is 0 Å². The maximum absolute atomic E-state index is 12.5. The molecule has 0 aliphatic heterocycles. The monoisotopic (exact) mass is 438 g/mol. The summed E-state index contributed by atoms with van der Waals surface area (Å²) in [5, 5.41) is 3.92. The van der Waals surface area contributed by atoms with Gasteiger partial charge >= 0.3 is 0 Å². The van der Waals surface area contributed by atoms with Gasteiger partial charge in [-0.15, -0.1) is 0 Å². The molecule has 0 unspecified atom stereocenters. The number of rotatable bonds is 9. The predicted molar refractivity (Wildman–Crippen MR) is 122 cm³/mol. The molecule has 6 nitrogen and oxygen atoms in total. The highest BCUT2D eigenvalue weighted by atomic mass is 32.2. The Bertz CT molecular complexity index is 1160. The van der Waals surface area contributed by atoms with Gasteiger partial charge in [0.05, 0.1) is 17.7 Å². The van der Waals surface area contributed by atoms with Crippen LogP contribution in [0.2, 0.25) is 0 Å². The molecule has 0 spiro atoms. The van der Waals surface area contributed by atoms with E-state index in [4.69, 9.17) is 9.47 Å². The van der Waals surface area contributed by atoms with Crippen LogP contribution in [0.5, 0.6) is 11.5 Å². The van der Waals surface area contributed by atoms with E-state index in [0.717, 1.165) is 11.1 Å². The van der Waals surface area contributed by atoms with Gasteiger partial charge in [-0.1, -0.05) is 48.0 Å². The number of sulfonamides is 1. The number of hydrogen-bond donors (Lipinski definition) is 1. The molecule has 3 aromatic rings. The zero-order valence-electron chi connectivity index (χ0n) is 17.8. The van der Waals surface area contributed by atoms with E-state index in [2.05, 4.69) is 9.93 Å². The van der Waals surface area contributed by atoms with Crippen molar-refractivity contribution in [3.63, 3.8) is 0 Å². The van der Waals surface area contributed by atoms with Crippen molar-refractivity contribution in [2.45, 2.75) is 32.3 Å². The minimum Gasteiger partial charge on any atom is -0.490 e. The SMILES string of the molecule is CCOc1cc(/C=N/NS(=O)(=O)c2ccc(C)cc2C)ccc1OCc1ccccc1. The van der Waals surface area contributed by atoms with E-state index in [0.29, 0.717) is 35.8 Å². The first-order chi connectivity index (χ1) is 14.9. The van der Waals surface area contributed by atoms with Crippen LogP contribution in [-0.4, -0.2) is 21.2 Å². The summed E-state index contributed by atoms with van der Waals surface area (Å²) in [4.78, 5) is 2.47. The van der Waals surface area contributed by atoms with E-state index in [9.17, 15) is 8.42 Å². The van der Waals surface area contributed by atoms with Crippen molar-refractivity contribution in [3.8, 4) is 11.5 Å². The Morgan fingerprint density at radius 3 is 2.42 bits per heavy atom. The molecule has 0 atom stereocenters. The summed E-state index contributed by atoms with van der Waals surface area (Å²) in [7, 11) is -3.75. The lowest BCUT2D eigenvalue weighted by atomic mass is 10.2. The molecular formula is C24H26N2O4S. The second-order valence-corrected chi connectivity index (χ2v) is 8.66. The Balaban J connectivity index is 1.72. The van der Waals surface area contributed by atoms with Crippen LogP contribution in [0.25, 0.3) is 0 Å². The van der Waals surface area contributed by atoms with Gasteiger partial charge in [-0.05, 0) is 61.7 Å². The molecule has 1 N–H and O–H groups in total. The third kappa shape index (κ3) is 6.08. The molecule has 31 heavy (non-hydrogen) atoms. The zero-order chi connectivity index (χ0) is 22.3. The first-order valence-electron chi connectivity index (χ1n) is 9.95. The zero-order valence-corrected chi connectivity index (χ0v) is 18.6. The molecule has 162 valence electrons. The van der Waals surface area contributed by atoms with Crippen LogP contribution in [0.15, 0.2) is 76.7 Å². The minimum atomic E-state index is -3.75. The molecule has 0 radical (unpaired) electrons. The Hall–Kier alpha value is -3.32. The predicted octanol–water partition coefficient (Wildman–Crippen LogP) is 4.59. The molecule has 0 fully saturated rings. The van der Waals surface area contributed by atoms with Crippen LogP contribution in [0.1, 0.15) is 29.2 Å². The van der Waals surface area contributed by atoms with E-state index in [1.54, 1.807) is 37.3 Å². The fourth-order valence-electron chi connectivity index (χ4n) is 3.05. The van der Waals surface area contributed by atoms with Crippen molar-refractivity contribution in [2.75, 3.05) is 6.61 Å². The van der Waals surface area contributed by atoms with Crippen molar-refractivity contribution >= 4 is 16.2 Å². The fraction of sp³-hybridized carbons (Fsp3) is 0.208. The molecule has 0 saturated heterocycles. The van der Waals surface area contributed by atoms with Crippen molar-refractivity contribution in [3.05, 3.63) is 89.0 Å². The Morgan fingerprint density at radius 1 is 0.935 bits per heavy atom. The average molecular weight is 439 g/mol. The highest BCUT2D eigenvalue weighted by Crippen LogP contribution is 2.29. The third-order valence-corrected chi connectivity index (χ3v) is 5.89. The maximum Gasteiger partial charge on any atom is 0.276 e. The van der Waals surface area contributed by atoms with Crippen LogP contribution < -0.4 is 14.3 Å². The topological polar surface area (TPSA) is 77.0 Å². The highest BCUT2D eigenvalue weighted by molar-refractivity contribution is 7.89. The van der Waals surface area contributed by atoms with Crippen molar-refractivity contribution in [2.24, 2.45) is 5.10 Å². The number of hydrogen-bond acceptors (Lipinski definition) is 5. The summed E-state index contributed by atoms with van der Waals surface area (Å²) in [5.41, 5.74) is 3.40.